The zero-order valence-corrected chi connectivity index (χ0v) is 18.6. The van der Waals surface area contributed by atoms with Gasteiger partial charge in [-0.1, -0.05) is 25.1 Å². The van der Waals surface area contributed by atoms with Crippen molar-refractivity contribution in [1.82, 2.24) is 4.90 Å². The van der Waals surface area contributed by atoms with Gasteiger partial charge in [-0.05, 0) is 61.6 Å². The van der Waals surface area contributed by atoms with E-state index < -0.39 is 6.10 Å². The Balaban J connectivity index is 1.57. The molecule has 0 spiro atoms. The highest BCUT2D eigenvalue weighted by Gasteiger charge is 2.35. The number of carbonyl (C=O) groups is 2. The molecule has 0 aromatic heterocycles. The predicted octanol–water partition coefficient (Wildman–Crippen LogP) is 3.85. The molecule has 2 aromatic rings. The zero-order valence-electron chi connectivity index (χ0n) is 18.6. The molecule has 4 rings (SSSR count). The standard InChI is InChI=1S/C25H29FN2O4/c1-3-22-25(30)28(21-13-17(2)6-11-23(21)32-22)16-24(29)27(15-20-5-4-12-31-20)14-18-7-9-19(26)10-8-18/h6-11,13,20,22H,3-5,12,14-16H2,1-2H3/t20-,22-/m1/s1. The van der Waals surface area contributed by atoms with Crippen LogP contribution in [0.1, 0.15) is 37.3 Å². The summed E-state index contributed by atoms with van der Waals surface area (Å²) in [5.41, 5.74) is 2.43. The highest BCUT2D eigenvalue weighted by Crippen LogP contribution is 2.35. The molecule has 0 saturated carbocycles. The summed E-state index contributed by atoms with van der Waals surface area (Å²) in [5.74, 6) is -0.0958. The lowest BCUT2D eigenvalue weighted by atomic mass is 10.1. The number of hydrogen-bond acceptors (Lipinski definition) is 4. The van der Waals surface area contributed by atoms with Crippen LogP contribution in [0.5, 0.6) is 5.75 Å². The molecule has 2 amide bonds. The molecule has 32 heavy (non-hydrogen) atoms. The number of ether oxygens (including phenoxy) is 2. The summed E-state index contributed by atoms with van der Waals surface area (Å²) in [7, 11) is 0. The highest BCUT2D eigenvalue weighted by atomic mass is 19.1. The number of carbonyl (C=O) groups excluding carboxylic acids is 2. The predicted molar refractivity (Wildman–Crippen MR) is 119 cm³/mol. The number of halogens is 1. The summed E-state index contributed by atoms with van der Waals surface area (Å²) in [6, 6.07) is 11.8. The van der Waals surface area contributed by atoms with E-state index in [2.05, 4.69) is 0 Å². The van der Waals surface area contributed by atoms with Gasteiger partial charge in [-0.25, -0.2) is 4.39 Å². The van der Waals surface area contributed by atoms with E-state index >= 15 is 0 Å². The minimum Gasteiger partial charge on any atom is -0.478 e. The zero-order chi connectivity index (χ0) is 22.7. The monoisotopic (exact) mass is 440 g/mol. The van der Waals surface area contributed by atoms with Crippen LogP contribution in [0.15, 0.2) is 42.5 Å². The molecule has 170 valence electrons. The number of benzene rings is 2. The molecule has 0 radical (unpaired) electrons. The van der Waals surface area contributed by atoms with Crippen molar-refractivity contribution in [3.63, 3.8) is 0 Å². The number of amides is 2. The van der Waals surface area contributed by atoms with E-state index in [4.69, 9.17) is 9.47 Å². The lowest BCUT2D eigenvalue weighted by Gasteiger charge is -2.35. The molecule has 1 fully saturated rings. The quantitative estimate of drug-likeness (QED) is 0.656. The lowest BCUT2D eigenvalue weighted by Crippen LogP contribution is -2.51. The normalized spacial score (nSPS) is 20.1. The number of fused-ring (bicyclic) bond motifs is 1. The fraction of sp³-hybridized carbons (Fsp3) is 0.440. The van der Waals surface area contributed by atoms with Crippen LogP contribution in [-0.2, 0) is 20.9 Å². The Kier molecular flexibility index (Phi) is 6.74. The third-order valence-electron chi connectivity index (χ3n) is 5.97. The van der Waals surface area contributed by atoms with E-state index in [0.29, 0.717) is 37.6 Å². The first-order chi connectivity index (χ1) is 15.4. The van der Waals surface area contributed by atoms with Crippen LogP contribution >= 0.6 is 0 Å². The van der Waals surface area contributed by atoms with E-state index in [-0.39, 0.29) is 30.3 Å². The third-order valence-corrected chi connectivity index (χ3v) is 5.97. The van der Waals surface area contributed by atoms with Crippen LogP contribution in [-0.4, -0.2) is 48.6 Å². The molecule has 2 aliphatic heterocycles. The molecule has 0 N–H and O–H groups in total. The van der Waals surface area contributed by atoms with E-state index in [1.165, 1.54) is 17.0 Å². The Morgan fingerprint density at radius 3 is 2.69 bits per heavy atom. The molecule has 0 bridgehead atoms. The number of hydrogen-bond donors (Lipinski definition) is 0. The molecular weight excluding hydrogens is 411 g/mol. The van der Waals surface area contributed by atoms with Crippen molar-refractivity contribution >= 4 is 17.5 Å². The van der Waals surface area contributed by atoms with Gasteiger partial charge in [0.1, 0.15) is 18.1 Å². The summed E-state index contributed by atoms with van der Waals surface area (Å²) in [4.78, 5) is 29.8. The van der Waals surface area contributed by atoms with E-state index in [9.17, 15) is 14.0 Å². The number of anilines is 1. The second kappa shape index (κ2) is 9.69. The van der Waals surface area contributed by atoms with Crippen molar-refractivity contribution in [1.29, 1.82) is 0 Å². The van der Waals surface area contributed by atoms with Gasteiger partial charge in [0.05, 0.1) is 11.8 Å². The van der Waals surface area contributed by atoms with Crippen LogP contribution in [0.2, 0.25) is 0 Å². The van der Waals surface area contributed by atoms with Crippen LogP contribution < -0.4 is 9.64 Å². The van der Waals surface area contributed by atoms with Gasteiger partial charge in [0, 0.05) is 19.7 Å². The average Bonchev–Trinajstić information content (AvgIpc) is 3.30. The maximum atomic E-state index is 13.5. The summed E-state index contributed by atoms with van der Waals surface area (Å²) in [5, 5.41) is 0. The Labute approximate surface area is 187 Å². The minimum atomic E-state index is -0.610. The summed E-state index contributed by atoms with van der Waals surface area (Å²) >= 11 is 0. The topological polar surface area (TPSA) is 59.1 Å². The van der Waals surface area contributed by atoms with Crippen molar-refractivity contribution in [3.8, 4) is 5.75 Å². The van der Waals surface area contributed by atoms with Crippen LogP contribution in [0, 0.1) is 12.7 Å². The van der Waals surface area contributed by atoms with Crippen molar-refractivity contribution in [2.45, 2.75) is 51.9 Å². The van der Waals surface area contributed by atoms with E-state index in [1.54, 1.807) is 17.0 Å². The number of aryl methyl sites for hydroxylation is 1. The molecule has 2 atom stereocenters. The largest absolute Gasteiger partial charge is 0.478 e. The van der Waals surface area contributed by atoms with Crippen molar-refractivity contribution in [2.24, 2.45) is 0 Å². The van der Waals surface area contributed by atoms with Gasteiger partial charge in [0.15, 0.2) is 6.10 Å². The number of nitrogens with zero attached hydrogens (tertiary/aromatic N) is 2. The molecule has 2 heterocycles. The van der Waals surface area contributed by atoms with E-state index in [0.717, 1.165) is 24.0 Å². The molecule has 2 aliphatic rings. The summed E-state index contributed by atoms with van der Waals surface area (Å²) in [6.45, 7) is 5.20. The SMILES string of the molecule is CC[C@H]1Oc2ccc(C)cc2N(CC(=O)N(Cc2ccc(F)cc2)C[C@H]2CCCO2)C1=O. The first kappa shape index (κ1) is 22.3. The molecule has 2 aromatic carbocycles. The van der Waals surface area contributed by atoms with Gasteiger partial charge in [0.2, 0.25) is 5.91 Å². The second-order valence-corrected chi connectivity index (χ2v) is 8.45. The third kappa shape index (κ3) is 4.93. The van der Waals surface area contributed by atoms with Crippen LogP contribution in [0.25, 0.3) is 0 Å². The molecular formula is C25H29FN2O4. The van der Waals surface area contributed by atoms with Gasteiger partial charge in [-0.2, -0.15) is 0 Å². The Hall–Kier alpha value is -2.93. The molecule has 0 aliphatic carbocycles. The second-order valence-electron chi connectivity index (χ2n) is 8.45. The molecule has 7 heteroatoms. The van der Waals surface area contributed by atoms with Crippen LogP contribution in [0.4, 0.5) is 10.1 Å². The van der Waals surface area contributed by atoms with Gasteiger partial charge < -0.3 is 14.4 Å². The van der Waals surface area contributed by atoms with Gasteiger partial charge in [0.25, 0.3) is 5.91 Å². The Bertz CT molecular complexity index is 972. The fourth-order valence-electron chi connectivity index (χ4n) is 4.19. The summed E-state index contributed by atoms with van der Waals surface area (Å²) < 4.78 is 25.0. The first-order valence-electron chi connectivity index (χ1n) is 11.2. The highest BCUT2D eigenvalue weighted by molar-refractivity contribution is 6.03. The van der Waals surface area contributed by atoms with Crippen molar-refractivity contribution < 1.29 is 23.5 Å². The fourth-order valence-corrected chi connectivity index (χ4v) is 4.19. The maximum Gasteiger partial charge on any atom is 0.268 e. The van der Waals surface area contributed by atoms with Crippen molar-refractivity contribution in [2.75, 3.05) is 24.6 Å². The Morgan fingerprint density at radius 1 is 1.22 bits per heavy atom. The molecule has 6 nitrogen and oxygen atoms in total. The number of rotatable bonds is 7. The lowest BCUT2D eigenvalue weighted by molar-refractivity contribution is -0.135. The maximum absolute atomic E-state index is 13.5. The average molecular weight is 441 g/mol. The minimum absolute atomic E-state index is 0.0299. The van der Waals surface area contributed by atoms with Crippen LogP contribution in [0.3, 0.4) is 0 Å². The molecule has 1 saturated heterocycles. The Morgan fingerprint density at radius 2 is 2.00 bits per heavy atom. The summed E-state index contributed by atoms with van der Waals surface area (Å²) in [6.07, 6.45) is 1.74. The van der Waals surface area contributed by atoms with Gasteiger partial charge in [-0.15, -0.1) is 0 Å². The smallest absolute Gasteiger partial charge is 0.268 e. The van der Waals surface area contributed by atoms with Crippen molar-refractivity contribution in [3.05, 3.63) is 59.4 Å². The molecule has 0 unspecified atom stereocenters. The van der Waals surface area contributed by atoms with Gasteiger partial charge >= 0.3 is 0 Å². The first-order valence-corrected chi connectivity index (χ1v) is 11.2. The van der Waals surface area contributed by atoms with Gasteiger partial charge in [-0.3, -0.25) is 14.5 Å². The van der Waals surface area contributed by atoms with E-state index in [1.807, 2.05) is 32.0 Å².